The molecule has 0 aliphatic heterocycles. The van der Waals surface area contributed by atoms with Crippen molar-refractivity contribution in [1.29, 1.82) is 0 Å². The molecule has 3 rings (SSSR count). The van der Waals surface area contributed by atoms with Crippen molar-refractivity contribution in [3.05, 3.63) is 82.2 Å². The number of thioether (sulfide) groups is 1. The Morgan fingerprint density at radius 1 is 1.09 bits per heavy atom. The van der Waals surface area contributed by atoms with Crippen LogP contribution in [-0.2, 0) is 20.6 Å². The van der Waals surface area contributed by atoms with Crippen LogP contribution in [0.4, 0.5) is 17.3 Å². The molecule has 0 spiro atoms. The lowest BCUT2D eigenvalue weighted by Gasteiger charge is -2.09. The van der Waals surface area contributed by atoms with Crippen molar-refractivity contribution in [1.82, 2.24) is 9.97 Å². The molecule has 166 valence electrons. The van der Waals surface area contributed by atoms with Gasteiger partial charge < -0.3 is 5.32 Å². The number of anilines is 2. The van der Waals surface area contributed by atoms with Gasteiger partial charge in [0.15, 0.2) is 0 Å². The average molecular weight is 474 g/mol. The molecule has 0 fully saturated rings. The fraction of sp³-hybridized carbons (Fsp3) is 0.150. The summed E-state index contributed by atoms with van der Waals surface area (Å²) in [5, 5.41) is 13.4. The largest absolute Gasteiger partial charge is 0.325 e. The van der Waals surface area contributed by atoms with Crippen molar-refractivity contribution in [2.75, 3.05) is 15.8 Å². The van der Waals surface area contributed by atoms with Crippen LogP contribution in [-0.4, -0.2) is 35.0 Å². The highest BCUT2D eigenvalue weighted by Crippen LogP contribution is 2.19. The van der Waals surface area contributed by atoms with Crippen LogP contribution in [0, 0.1) is 17.0 Å². The SMILES string of the molecule is Cc1ccnc(NS(=O)(=O)c2ccc(NC(=O)CSCc3ccc([N+](=O)[O-])cc3)cc2)n1. The molecule has 2 N–H and O–H groups in total. The van der Waals surface area contributed by atoms with E-state index in [1.807, 2.05) is 0 Å². The highest BCUT2D eigenvalue weighted by atomic mass is 32.2. The number of hydrogen-bond donors (Lipinski definition) is 2. The van der Waals surface area contributed by atoms with Crippen LogP contribution in [0.1, 0.15) is 11.3 Å². The minimum Gasteiger partial charge on any atom is -0.325 e. The summed E-state index contributed by atoms with van der Waals surface area (Å²) in [5.41, 5.74) is 1.97. The van der Waals surface area contributed by atoms with Crippen LogP contribution >= 0.6 is 11.8 Å². The first-order chi connectivity index (χ1) is 15.2. The molecule has 0 saturated carbocycles. The summed E-state index contributed by atoms with van der Waals surface area (Å²) in [6.07, 6.45) is 1.46. The van der Waals surface area contributed by atoms with E-state index < -0.39 is 14.9 Å². The van der Waals surface area contributed by atoms with Gasteiger partial charge >= 0.3 is 0 Å². The molecule has 0 bridgehead atoms. The third-order valence-corrected chi connectivity index (χ3v) is 6.47. The minimum absolute atomic E-state index is 0.00755. The first kappa shape index (κ1) is 23.2. The summed E-state index contributed by atoms with van der Waals surface area (Å²) in [5.74, 6) is 0.421. The number of hydrogen-bond acceptors (Lipinski definition) is 8. The van der Waals surface area contributed by atoms with E-state index in [-0.39, 0.29) is 28.2 Å². The molecule has 2 aromatic carbocycles. The maximum absolute atomic E-state index is 12.5. The van der Waals surface area contributed by atoms with Crippen LogP contribution in [0.25, 0.3) is 0 Å². The zero-order chi connectivity index (χ0) is 23.1. The number of rotatable bonds is 9. The number of amides is 1. The molecule has 3 aromatic rings. The predicted molar refractivity (Wildman–Crippen MR) is 122 cm³/mol. The Balaban J connectivity index is 1.51. The zero-order valence-electron chi connectivity index (χ0n) is 16.9. The first-order valence-corrected chi connectivity index (χ1v) is 11.9. The second-order valence-corrected chi connectivity index (χ2v) is 9.28. The number of carbonyl (C=O) groups excluding carboxylic acids is 1. The summed E-state index contributed by atoms with van der Waals surface area (Å²) in [6, 6.07) is 13.5. The van der Waals surface area contributed by atoms with Gasteiger partial charge in [0.05, 0.1) is 15.6 Å². The zero-order valence-corrected chi connectivity index (χ0v) is 18.5. The van der Waals surface area contributed by atoms with Crippen molar-refractivity contribution in [2.24, 2.45) is 0 Å². The van der Waals surface area contributed by atoms with Crippen LogP contribution in [0.3, 0.4) is 0 Å². The van der Waals surface area contributed by atoms with Crippen molar-refractivity contribution < 1.29 is 18.1 Å². The lowest BCUT2D eigenvalue weighted by molar-refractivity contribution is -0.384. The molecule has 0 atom stereocenters. The number of aryl methyl sites for hydroxylation is 1. The van der Waals surface area contributed by atoms with E-state index in [4.69, 9.17) is 0 Å². The lowest BCUT2D eigenvalue weighted by Crippen LogP contribution is -2.16. The van der Waals surface area contributed by atoms with Crippen LogP contribution < -0.4 is 10.0 Å². The van der Waals surface area contributed by atoms with Gasteiger partial charge in [-0.05, 0) is 42.8 Å². The molecule has 0 aliphatic rings. The van der Waals surface area contributed by atoms with Crippen LogP contribution in [0.2, 0.25) is 0 Å². The fourth-order valence-electron chi connectivity index (χ4n) is 2.57. The molecular formula is C20H19N5O5S2. The van der Waals surface area contributed by atoms with Gasteiger partial charge in [-0.2, -0.15) is 0 Å². The molecule has 0 saturated heterocycles. The van der Waals surface area contributed by atoms with Crippen LogP contribution in [0.15, 0.2) is 65.7 Å². The van der Waals surface area contributed by atoms with E-state index in [2.05, 4.69) is 20.0 Å². The summed E-state index contributed by atoms with van der Waals surface area (Å²) in [6.45, 7) is 1.72. The Morgan fingerprint density at radius 3 is 2.41 bits per heavy atom. The third-order valence-electron chi connectivity index (χ3n) is 4.12. The smallest absolute Gasteiger partial charge is 0.269 e. The minimum atomic E-state index is -3.86. The third kappa shape index (κ3) is 6.49. The van der Waals surface area contributed by atoms with E-state index in [0.29, 0.717) is 17.1 Å². The Labute approximate surface area is 188 Å². The predicted octanol–water partition coefficient (Wildman–Crippen LogP) is 3.37. The topological polar surface area (TPSA) is 144 Å². The molecule has 1 aromatic heterocycles. The molecule has 1 amide bonds. The number of non-ortho nitro benzene ring substituents is 1. The second-order valence-electron chi connectivity index (χ2n) is 6.62. The van der Waals surface area contributed by atoms with E-state index in [9.17, 15) is 23.3 Å². The van der Waals surface area contributed by atoms with E-state index >= 15 is 0 Å². The molecule has 10 nitrogen and oxygen atoms in total. The van der Waals surface area contributed by atoms with Crippen molar-refractivity contribution in [2.45, 2.75) is 17.6 Å². The molecule has 1 heterocycles. The fourth-order valence-corrected chi connectivity index (χ4v) is 4.31. The normalized spacial score (nSPS) is 11.0. The standard InChI is InChI=1S/C20H19N5O5S2/c1-14-10-11-21-20(22-14)24-32(29,30)18-8-4-16(5-9-18)23-19(26)13-31-12-15-2-6-17(7-3-15)25(27)28/h2-11H,12-13H2,1H3,(H,23,26)(H,21,22,24). The molecule has 0 radical (unpaired) electrons. The Bertz CT molecular complexity index is 1220. The van der Waals surface area contributed by atoms with Gasteiger partial charge in [0.1, 0.15) is 0 Å². The van der Waals surface area contributed by atoms with Crippen molar-refractivity contribution >= 4 is 45.0 Å². The molecule has 32 heavy (non-hydrogen) atoms. The molecule has 0 unspecified atom stereocenters. The number of nitro benzene ring substituents is 1. The quantitative estimate of drug-likeness (QED) is 0.355. The van der Waals surface area contributed by atoms with Gasteiger partial charge in [0, 0.05) is 35.5 Å². The average Bonchev–Trinajstić information content (AvgIpc) is 2.74. The lowest BCUT2D eigenvalue weighted by atomic mass is 10.2. The van der Waals surface area contributed by atoms with Gasteiger partial charge in [-0.25, -0.2) is 23.1 Å². The second kappa shape index (κ2) is 10.2. The van der Waals surface area contributed by atoms with Gasteiger partial charge in [-0.15, -0.1) is 11.8 Å². The van der Waals surface area contributed by atoms with Crippen LogP contribution in [0.5, 0.6) is 0 Å². The summed E-state index contributed by atoms with van der Waals surface area (Å²) < 4.78 is 27.2. The summed E-state index contributed by atoms with van der Waals surface area (Å²) in [4.78, 5) is 30.2. The molecule has 0 aliphatic carbocycles. The number of nitrogens with zero attached hydrogens (tertiary/aromatic N) is 3. The Kier molecular flexibility index (Phi) is 7.38. The van der Waals surface area contributed by atoms with E-state index in [0.717, 1.165) is 5.56 Å². The summed E-state index contributed by atoms with van der Waals surface area (Å²) >= 11 is 1.36. The summed E-state index contributed by atoms with van der Waals surface area (Å²) in [7, 11) is -3.86. The Morgan fingerprint density at radius 2 is 1.78 bits per heavy atom. The maximum Gasteiger partial charge on any atom is 0.269 e. The molecule has 12 heteroatoms. The number of nitro groups is 1. The number of nitrogens with one attached hydrogen (secondary N) is 2. The van der Waals surface area contributed by atoms with E-state index in [1.165, 1.54) is 54.4 Å². The van der Waals surface area contributed by atoms with Gasteiger partial charge in [-0.1, -0.05) is 12.1 Å². The van der Waals surface area contributed by atoms with E-state index in [1.54, 1.807) is 25.1 Å². The first-order valence-electron chi connectivity index (χ1n) is 9.26. The number of aromatic nitrogens is 2. The maximum atomic E-state index is 12.5. The van der Waals surface area contributed by atoms with Gasteiger partial charge in [-0.3, -0.25) is 14.9 Å². The van der Waals surface area contributed by atoms with Crippen molar-refractivity contribution in [3.8, 4) is 0 Å². The Hall–Kier alpha value is -3.51. The van der Waals surface area contributed by atoms with Gasteiger partial charge in [0.25, 0.3) is 15.7 Å². The van der Waals surface area contributed by atoms with Crippen molar-refractivity contribution in [3.63, 3.8) is 0 Å². The number of carbonyl (C=O) groups is 1. The number of sulfonamides is 1. The highest BCUT2D eigenvalue weighted by Gasteiger charge is 2.16. The number of benzene rings is 2. The van der Waals surface area contributed by atoms with Gasteiger partial charge in [0.2, 0.25) is 11.9 Å². The highest BCUT2D eigenvalue weighted by molar-refractivity contribution is 7.99. The monoisotopic (exact) mass is 473 g/mol. The molecular weight excluding hydrogens is 454 g/mol.